The van der Waals surface area contributed by atoms with E-state index in [4.69, 9.17) is 4.74 Å². The lowest BCUT2D eigenvalue weighted by Crippen LogP contribution is -2.22. The molecule has 0 unspecified atom stereocenters. The molecule has 6 heteroatoms. The number of benzene rings is 2. The third-order valence-corrected chi connectivity index (χ3v) is 4.95. The molecule has 0 radical (unpaired) electrons. The van der Waals surface area contributed by atoms with Crippen LogP contribution in [0.1, 0.15) is 32.2 Å². The van der Waals surface area contributed by atoms with Crippen LogP contribution in [-0.2, 0) is 19.7 Å². The summed E-state index contributed by atoms with van der Waals surface area (Å²) in [6, 6.07) is 15.5. The van der Waals surface area contributed by atoms with Crippen molar-refractivity contribution in [2.24, 2.45) is 0 Å². The summed E-state index contributed by atoms with van der Waals surface area (Å²) in [5.74, 6) is 0.540. The minimum atomic E-state index is -0.118. The lowest BCUT2D eigenvalue weighted by Gasteiger charge is -2.11. The van der Waals surface area contributed by atoms with Gasteiger partial charge in [-0.25, -0.2) is 4.98 Å². The summed E-state index contributed by atoms with van der Waals surface area (Å²) in [6.45, 7) is 3.76. The van der Waals surface area contributed by atoms with Crippen LogP contribution < -0.4 is 10.1 Å². The van der Waals surface area contributed by atoms with E-state index in [2.05, 4.69) is 39.5 Å². The van der Waals surface area contributed by atoms with Crippen molar-refractivity contribution < 1.29 is 9.53 Å². The molecule has 0 aliphatic rings. The Morgan fingerprint density at radius 1 is 1.14 bits per heavy atom. The molecular formula is C22H25N3O2S. The van der Waals surface area contributed by atoms with Gasteiger partial charge in [0.1, 0.15) is 12.4 Å². The number of nitrogens with one attached hydrogen (secondary N) is 1. The molecule has 1 heterocycles. The van der Waals surface area contributed by atoms with Gasteiger partial charge in [-0.1, -0.05) is 30.3 Å². The fourth-order valence-corrected chi connectivity index (χ4v) is 3.37. The summed E-state index contributed by atoms with van der Waals surface area (Å²) in [5.41, 5.74) is 3.80. The minimum Gasteiger partial charge on any atom is -0.487 e. The van der Waals surface area contributed by atoms with Crippen LogP contribution >= 0.6 is 11.3 Å². The Morgan fingerprint density at radius 2 is 1.89 bits per heavy atom. The number of aromatic nitrogens is 1. The van der Waals surface area contributed by atoms with Crippen molar-refractivity contribution >= 4 is 17.2 Å². The monoisotopic (exact) mass is 395 g/mol. The Kier molecular flexibility index (Phi) is 6.79. The second-order valence-electron chi connectivity index (χ2n) is 6.91. The molecule has 0 atom stereocenters. The highest BCUT2D eigenvalue weighted by molar-refractivity contribution is 7.09. The molecule has 0 saturated carbocycles. The molecule has 3 aromatic rings. The molecule has 0 fully saturated rings. The Bertz CT molecular complexity index is 920. The fourth-order valence-electron chi connectivity index (χ4n) is 2.77. The average Bonchev–Trinajstić information content (AvgIpc) is 3.10. The highest BCUT2D eigenvalue weighted by Crippen LogP contribution is 2.16. The molecular weight excluding hydrogens is 370 g/mol. The van der Waals surface area contributed by atoms with Crippen molar-refractivity contribution in [3.63, 3.8) is 0 Å². The number of carbonyl (C=O) groups excluding carboxylic acids is 1. The van der Waals surface area contributed by atoms with Crippen molar-refractivity contribution in [2.45, 2.75) is 26.6 Å². The van der Waals surface area contributed by atoms with E-state index in [1.807, 2.05) is 38.5 Å². The molecule has 1 amide bonds. The zero-order valence-electron chi connectivity index (χ0n) is 16.4. The van der Waals surface area contributed by atoms with E-state index in [-0.39, 0.29) is 5.91 Å². The number of rotatable bonds is 8. The van der Waals surface area contributed by atoms with Crippen LogP contribution in [0.25, 0.3) is 0 Å². The Hall–Kier alpha value is -2.70. The van der Waals surface area contributed by atoms with E-state index in [1.165, 1.54) is 5.56 Å². The number of hydrogen-bond acceptors (Lipinski definition) is 5. The topological polar surface area (TPSA) is 54.5 Å². The van der Waals surface area contributed by atoms with Crippen molar-refractivity contribution in [3.05, 3.63) is 81.3 Å². The molecule has 28 heavy (non-hydrogen) atoms. The van der Waals surface area contributed by atoms with Crippen LogP contribution in [0, 0.1) is 6.92 Å². The molecule has 0 aliphatic heterocycles. The lowest BCUT2D eigenvalue weighted by atomic mass is 10.1. The molecule has 0 saturated heterocycles. The fraction of sp³-hybridized carbons (Fsp3) is 0.273. The van der Waals surface area contributed by atoms with E-state index >= 15 is 0 Å². The van der Waals surface area contributed by atoms with E-state index in [0.29, 0.717) is 24.5 Å². The van der Waals surface area contributed by atoms with Gasteiger partial charge in [0.25, 0.3) is 5.91 Å². The molecule has 0 spiro atoms. The first-order valence-electron chi connectivity index (χ1n) is 9.14. The van der Waals surface area contributed by atoms with E-state index < -0.39 is 0 Å². The maximum Gasteiger partial charge on any atom is 0.251 e. The molecule has 5 nitrogen and oxygen atoms in total. The van der Waals surface area contributed by atoms with Crippen molar-refractivity contribution in [3.8, 4) is 5.75 Å². The summed E-state index contributed by atoms with van der Waals surface area (Å²) >= 11 is 1.60. The van der Waals surface area contributed by atoms with Crippen LogP contribution in [-0.4, -0.2) is 29.9 Å². The summed E-state index contributed by atoms with van der Waals surface area (Å²) < 4.78 is 5.76. The molecule has 146 valence electrons. The standard InChI is InChI=1S/C22H25N3O2S/c1-16-24-20(15-28-16)14-27-21-6-4-5-19(11-21)22(26)23-12-17-7-9-18(10-8-17)13-25(2)3/h4-11,15H,12-14H2,1-3H3,(H,23,26). The summed E-state index contributed by atoms with van der Waals surface area (Å²) in [6.07, 6.45) is 0. The smallest absolute Gasteiger partial charge is 0.251 e. The summed E-state index contributed by atoms with van der Waals surface area (Å²) in [5, 5.41) is 5.96. The SMILES string of the molecule is Cc1nc(COc2cccc(C(=O)NCc3ccc(CN(C)C)cc3)c2)cs1. The number of aryl methyl sites for hydroxylation is 1. The van der Waals surface area contributed by atoms with Gasteiger partial charge in [-0.3, -0.25) is 4.79 Å². The second-order valence-corrected chi connectivity index (χ2v) is 7.97. The second kappa shape index (κ2) is 9.48. The molecule has 2 aromatic carbocycles. The first-order valence-corrected chi connectivity index (χ1v) is 10.0. The summed E-state index contributed by atoms with van der Waals surface area (Å²) in [4.78, 5) is 19.0. The van der Waals surface area contributed by atoms with Crippen molar-refractivity contribution in [1.82, 2.24) is 15.2 Å². The number of thiazole rings is 1. The van der Waals surface area contributed by atoms with Crippen LogP contribution in [0.4, 0.5) is 0 Å². The van der Waals surface area contributed by atoms with Gasteiger partial charge in [-0.15, -0.1) is 11.3 Å². The Morgan fingerprint density at radius 3 is 2.57 bits per heavy atom. The van der Waals surface area contributed by atoms with E-state index in [9.17, 15) is 4.79 Å². The number of amides is 1. The first-order chi connectivity index (χ1) is 13.5. The van der Waals surface area contributed by atoms with Gasteiger partial charge < -0.3 is 15.0 Å². The van der Waals surface area contributed by atoms with Gasteiger partial charge in [-0.2, -0.15) is 0 Å². The maximum atomic E-state index is 12.5. The third-order valence-electron chi connectivity index (χ3n) is 4.12. The number of ether oxygens (including phenoxy) is 1. The molecule has 0 aliphatic carbocycles. The zero-order chi connectivity index (χ0) is 19.9. The first kappa shape index (κ1) is 20.0. The van der Waals surface area contributed by atoms with E-state index in [0.717, 1.165) is 22.8 Å². The van der Waals surface area contributed by atoms with Gasteiger partial charge in [0.2, 0.25) is 0 Å². The lowest BCUT2D eigenvalue weighted by molar-refractivity contribution is 0.0950. The van der Waals surface area contributed by atoms with Crippen molar-refractivity contribution in [1.29, 1.82) is 0 Å². The predicted molar refractivity (Wildman–Crippen MR) is 113 cm³/mol. The van der Waals surface area contributed by atoms with Crippen LogP contribution in [0.5, 0.6) is 5.75 Å². The molecule has 0 bridgehead atoms. The molecule has 1 N–H and O–H groups in total. The quantitative estimate of drug-likeness (QED) is 0.626. The number of hydrogen-bond donors (Lipinski definition) is 1. The molecule has 3 rings (SSSR count). The predicted octanol–water partition coefficient (Wildman–Crippen LogP) is 4.02. The molecule has 1 aromatic heterocycles. The zero-order valence-corrected chi connectivity index (χ0v) is 17.3. The van der Waals surface area contributed by atoms with E-state index in [1.54, 1.807) is 23.5 Å². The van der Waals surface area contributed by atoms with Crippen LogP contribution in [0.2, 0.25) is 0 Å². The largest absolute Gasteiger partial charge is 0.487 e. The van der Waals surface area contributed by atoms with Gasteiger partial charge in [-0.05, 0) is 50.3 Å². The van der Waals surface area contributed by atoms with Gasteiger partial charge in [0.05, 0.1) is 10.7 Å². The van der Waals surface area contributed by atoms with Crippen LogP contribution in [0.3, 0.4) is 0 Å². The minimum absolute atomic E-state index is 0.118. The van der Waals surface area contributed by atoms with Crippen LogP contribution in [0.15, 0.2) is 53.9 Å². The normalized spacial score (nSPS) is 10.9. The van der Waals surface area contributed by atoms with Gasteiger partial charge >= 0.3 is 0 Å². The Labute approximate surface area is 170 Å². The van der Waals surface area contributed by atoms with Gasteiger partial charge in [0, 0.05) is 24.0 Å². The average molecular weight is 396 g/mol. The number of nitrogens with zero attached hydrogens (tertiary/aromatic N) is 2. The maximum absolute atomic E-state index is 12.5. The van der Waals surface area contributed by atoms with Gasteiger partial charge in [0.15, 0.2) is 0 Å². The number of carbonyl (C=O) groups is 1. The summed E-state index contributed by atoms with van der Waals surface area (Å²) in [7, 11) is 4.09. The third kappa shape index (κ3) is 5.90. The Balaban J connectivity index is 1.54. The van der Waals surface area contributed by atoms with Crippen molar-refractivity contribution in [2.75, 3.05) is 14.1 Å². The highest BCUT2D eigenvalue weighted by Gasteiger charge is 2.08. The highest BCUT2D eigenvalue weighted by atomic mass is 32.1.